The lowest BCUT2D eigenvalue weighted by atomic mass is 9.44. The third-order valence-electron chi connectivity index (χ3n) is 12.5. The maximum atomic E-state index is 11.0. The zero-order valence-corrected chi connectivity index (χ0v) is 24.7. The first-order valence-corrected chi connectivity index (χ1v) is 16.1. The SMILES string of the molecule is CC(O)C1CCC2C3CCC4CC(N(C)Cc5ccccc5)CCC4(C)C3CCC12CNCc1ccccc1. The van der Waals surface area contributed by atoms with Gasteiger partial charge in [0, 0.05) is 25.7 Å². The molecule has 3 heteroatoms. The van der Waals surface area contributed by atoms with Gasteiger partial charge in [-0.3, -0.25) is 4.90 Å². The molecule has 2 N–H and O–H groups in total. The molecule has 6 rings (SSSR count). The van der Waals surface area contributed by atoms with Gasteiger partial charge >= 0.3 is 0 Å². The predicted molar refractivity (Wildman–Crippen MR) is 161 cm³/mol. The lowest BCUT2D eigenvalue weighted by Crippen LogP contribution is -2.57. The lowest BCUT2D eigenvalue weighted by molar-refractivity contribution is -0.131. The second kappa shape index (κ2) is 11.3. The van der Waals surface area contributed by atoms with Gasteiger partial charge in [-0.05, 0) is 123 Å². The number of rotatable bonds is 8. The molecule has 4 aliphatic rings. The van der Waals surface area contributed by atoms with Gasteiger partial charge in [0.25, 0.3) is 0 Å². The molecule has 0 bridgehead atoms. The molecule has 0 aromatic heterocycles. The zero-order chi connectivity index (χ0) is 27.0. The van der Waals surface area contributed by atoms with E-state index in [0.29, 0.717) is 11.3 Å². The Balaban J connectivity index is 1.15. The van der Waals surface area contributed by atoms with E-state index in [2.05, 4.69) is 91.8 Å². The van der Waals surface area contributed by atoms with E-state index in [0.717, 1.165) is 49.3 Å². The molecule has 0 saturated heterocycles. The summed E-state index contributed by atoms with van der Waals surface area (Å²) < 4.78 is 0. The van der Waals surface area contributed by atoms with Crippen molar-refractivity contribution >= 4 is 0 Å². The van der Waals surface area contributed by atoms with Gasteiger partial charge in [-0.2, -0.15) is 0 Å². The number of nitrogens with zero attached hydrogens (tertiary/aromatic N) is 1. The van der Waals surface area contributed by atoms with Crippen molar-refractivity contribution in [3.63, 3.8) is 0 Å². The Labute approximate surface area is 237 Å². The summed E-state index contributed by atoms with van der Waals surface area (Å²) in [5, 5.41) is 14.9. The number of hydrogen-bond acceptors (Lipinski definition) is 3. The second-order valence-corrected chi connectivity index (χ2v) is 14.3. The first-order valence-electron chi connectivity index (χ1n) is 16.1. The maximum Gasteiger partial charge on any atom is 0.0546 e. The van der Waals surface area contributed by atoms with Crippen molar-refractivity contribution in [2.75, 3.05) is 13.6 Å². The van der Waals surface area contributed by atoms with Crippen LogP contribution in [0.3, 0.4) is 0 Å². The van der Waals surface area contributed by atoms with E-state index in [9.17, 15) is 5.11 Å². The van der Waals surface area contributed by atoms with Gasteiger partial charge < -0.3 is 10.4 Å². The molecule has 4 aliphatic carbocycles. The molecule has 0 amide bonds. The highest BCUT2D eigenvalue weighted by Gasteiger charge is 2.62. The Hall–Kier alpha value is -1.68. The van der Waals surface area contributed by atoms with Gasteiger partial charge in [0.05, 0.1) is 6.10 Å². The molecule has 9 atom stereocenters. The molecule has 39 heavy (non-hydrogen) atoms. The van der Waals surface area contributed by atoms with Crippen molar-refractivity contribution in [1.29, 1.82) is 0 Å². The molecular weight excluding hydrogens is 476 g/mol. The minimum atomic E-state index is -0.201. The minimum Gasteiger partial charge on any atom is -0.393 e. The first kappa shape index (κ1) is 27.5. The summed E-state index contributed by atoms with van der Waals surface area (Å²) in [6.07, 6.45) is 12.0. The zero-order valence-electron chi connectivity index (χ0n) is 24.7. The summed E-state index contributed by atoms with van der Waals surface area (Å²) in [5.41, 5.74) is 3.57. The van der Waals surface area contributed by atoms with Crippen LogP contribution in [-0.4, -0.2) is 35.7 Å². The smallest absolute Gasteiger partial charge is 0.0546 e. The fourth-order valence-corrected chi connectivity index (χ4v) is 10.6. The molecule has 9 unspecified atom stereocenters. The highest BCUT2D eigenvalue weighted by molar-refractivity contribution is 5.17. The highest BCUT2D eigenvalue weighted by atomic mass is 16.3. The molecule has 4 fully saturated rings. The molecule has 3 nitrogen and oxygen atoms in total. The molecule has 0 heterocycles. The summed E-state index contributed by atoms with van der Waals surface area (Å²) in [4.78, 5) is 2.65. The van der Waals surface area contributed by atoms with E-state index in [1.54, 1.807) is 0 Å². The summed E-state index contributed by atoms with van der Waals surface area (Å²) in [6.45, 7) is 7.85. The molecule has 0 aliphatic heterocycles. The predicted octanol–water partition coefficient (Wildman–Crippen LogP) is 7.30. The van der Waals surface area contributed by atoms with Crippen molar-refractivity contribution < 1.29 is 5.11 Å². The van der Waals surface area contributed by atoms with Crippen LogP contribution in [0, 0.1) is 40.4 Å². The number of aliphatic hydroxyl groups is 1. The van der Waals surface area contributed by atoms with Crippen LogP contribution >= 0.6 is 0 Å². The normalized spacial score (nSPS) is 38.6. The maximum absolute atomic E-state index is 11.0. The number of aliphatic hydroxyl groups excluding tert-OH is 1. The third-order valence-corrected chi connectivity index (χ3v) is 12.5. The van der Waals surface area contributed by atoms with Crippen molar-refractivity contribution in [3.8, 4) is 0 Å². The molecule has 2 aromatic carbocycles. The summed E-state index contributed by atoms with van der Waals surface area (Å²) in [7, 11) is 2.36. The number of nitrogens with one attached hydrogen (secondary N) is 1. The van der Waals surface area contributed by atoms with Crippen LogP contribution in [0.15, 0.2) is 60.7 Å². The Morgan fingerprint density at radius 3 is 2.31 bits per heavy atom. The molecule has 0 spiro atoms. The summed E-state index contributed by atoms with van der Waals surface area (Å²) in [6, 6.07) is 22.6. The van der Waals surface area contributed by atoms with Crippen molar-refractivity contribution in [1.82, 2.24) is 10.2 Å². The van der Waals surface area contributed by atoms with Crippen LogP contribution in [-0.2, 0) is 13.1 Å². The summed E-state index contributed by atoms with van der Waals surface area (Å²) in [5.74, 6) is 3.81. The van der Waals surface area contributed by atoms with Crippen LogP contribution in [0.5, 0.6) is 0 Å². The number of fused-ring (bicyclic) bond motifs is 5. The number of hydrogen-bond donors (Lipinski definition) is 2. The van der Waals surface area contributed by atoms with Gasteiger partial charge in [0.15, 0.2) is 0 Å². The van der Waals surface area contributed by atoms with E-state index in [1.165, 1.54) is 68.9 Å². The molecule has 4 saturated carbocycles. The Morgan fingerprint density at radius 2 is 1.59 bits per heavy atom. The van der Waals surface area contributed by atoms with Gasteiger partial charge in [0.1, 0.15) is 0 Å². The van der Waals surface area contributed by atoms with Crippen molar-refractivity contribution in [2.24, 2.45) is 40.4 Å². The Morgan fingerprint density at radius 1 is 0.872 bits per heavy atom. The van der Waals surface area contributed by atoms with Gasteiger partial charge in [0.2, 0.25) is 0 Å². The van der Waals surface area contributed by atoms with Crippen molar-refractivity contribution in [2.45, 2.75) is 96.9 Å². The third kappa shape index (κ3) is 5.13. The number of benzene rings is 2. The Kier molecular flexibility index (Phi) is 7.96. The lowest BCUT2D eigenvalue weighted by Gasteiger charge is -2.62. The highest BCUT2D eigenvalue weighted by Crippen LogP contribution is 2.68. The molecule has 2 aromatic rings. The quantitative estimate of drug-likeness (QED) is 0.377. The van der Waals surface area contributed by atoms with Gasteiger partial charge in [-0.15, -0.1) is 0 Å². The van der Waals surface area contributed by atoms with Crippen LogP contribution in [0.2, 0.25) is 0 Å². The average molecular weight is 529 g/mol. The topological polar surface area (TPSA) is 35.5 Å². The molecule has 212 valence electrons. The fraction of sp³-hybridized carbons (Fsp3) is 0.667. The second-order valence-electron chi connectivity index (χ2n) is 14.3. The largest absolute Gasteiger partial charge is 0.393 e. The first-order chi connectivity index (χ1) is 18.9. The Bertz CT molecular complexity index is 1070. The standard InChI is InChI=1S/C36H52N2O/c1-26(39)32-16-17-34-31-15-14-29-22-30(38(3)24-28-12-8-5-9-13-28)18-20-35(29,2)33(31)19-21-36(32,34)25-37-23-27-10-6-4-7-11-27/h4-13,26,29-34,37,39H,14-25H2,1-3H3. The van der Waals surface area contributed by atoms with Gasteiger partial charge in [-0.1, -0.05) is 67.6 Å². The van der Waals surface area contributed by atoms with Crippen LogP contribution in [0.1, 0.15) is 82.8 Å². The molecule has 0 radical (unpaired) electrons. The van der Waals surface area contributed by atoms with Crippen molar-refractivity contribution in [3.05, 3.63) is 71.8 Å². The van der Waals surface area contributed by atoms with E-state index >= 15 is 0 Å². The van der Waals surface area contributed by atoms with E-state index in [1.807, 2.05) is 0 Å². The van der Waals surface area contributed by atoms with Crippen LogP contribution < -0.4 is 5.32 Å². The van der Waals surface area contributed by atoms with Crippen LogP contribution in [0.25, 0.3) is 0 Å². The van der Waals surface area contributed by atoms with Crippen LogP contribution in [0.4, 0.5) is 0 Å². The molecular formula is C36H52N2O. The average Bonchev–Trinajstić information content (AvgIpc) is 3.34. The van der Waals surface area contributed by atoms with E-state index in [-0.39, 0.29) is 11.5 Å². The summed E-state index contributed by atoms with van der Waals surface area (Å²) >= 11 is 0. The fourth-order valence-electron chi connectivity index (χ4n) is 10.6. The minimum absolute atomic E-state index is 0.201. The van der Waals surface area contributed by atoms with Gasteiger partial charge in [-0.25, -0.2) is 0 Å². The monoisotopic (exact) mass is 528 g/mol. The van der Waals surface area contributed by atoms with E-state index < -0.39 is 0 Å². The van der Waals surface area contributed by atoms with E-state index in [4.69, 9.17) is 0 Å².